The first-order chi connectivity index (χ1) is 1.91. The van der Waals surface area contributed by atoms with Crippen LogP contribution in [-0.4, -0.2) is 34.7 Å². The topological polar surface area (TPSA) is 20.2 Å². The smallest absolute Gasteiger partial charge is 0.813 e. The van der Waals surface area contributed by atoms with Crippen LogP contribution in [0, 0.1) is 0 Å². The minimum Gasteiger partial charge on any atom is -0.813 e. The molecule has 1 radical (unpaired) electrons. The van der Waals surface area contributed by atoms with E-state index in [0.29, 0.717) is 6.61 Å². The first-order valence-corrected chi connectivity index (χ1v) is 3.19. The molecule has 0 saturated heterocycles. The van der Waals surface area contributed by atoms with Gasteiger partial charge in [0.25, 0.3) is 0 Å². The van der Waals surface area contributed by atoms with E-state index in [1.165, 1.54) is 23.0 Å². The molecule has 0 aromatic rings. The van der Waals surface area contributed by atoms with Crippen LogP contribution >= 0.6 is 0 Å². The number of hydrogen-bond donors (Lipinski definition) is 1. The van der Waals surface area contributed by atoms with Crippen LogP contribution in [0.2, 0.25) is 4.37 Å². The SMILES string of the molecule is OC[CH2][SbH].[SH-]. The Bertz CT molecular complexity index is 11.6. The summed E-state index contributed by atoms with van der Waals surface area (Å²) < 4.78 is 0.965. The van der Waals surface area contributed by atoms with Crippen LogP contribution in [0.4, 0.5) is 0 Å². The summed E-state index contributed by atoms with van der Waals surface area (Å²) in [6.07, 6.45) is 0. The number of aliphatic hydroxyl groups excluding tert-OH is 1. The van der Waals surface area contributed by atoms with E-state index in [4.69, 9.17) is 5.11 Å². The molecule has 1 nitrogen and oxygen atoms in total. The summed E-state index contributed by atoms with van der Waals surface area (Å²) in [4.78, 5) is 0. The van der Waals surface area contributed by atoms with Gasteiger partial charge in [-0.15, -0.1) is 0 Å². The maximum Gasteiger partial charge on any atom is -0.813 e. The van der Waals surface area contributed by atoms with Crippen molar-refractivity contribution in [3.63, 3.8) is 0 Å². The molecule has 0 aromatic carbocycles. The van der Waals surface area contributed by atoms with E-state index >= 15 is 0 Å². The van der Waals surface area contributed by atoms with E-state index in [1.54, 1.807) is 0 Å². The molecule has 0 heterocycles. The van der Waals surface area contributed by atoms with Gasteiger partial charge in [-0.25, -0.2) is 0 Å². The fraction of sp³-hybridized carbons (Fsp3) is 1.00. The Hall–Kier alpha value is 1.13. The monoisotopic (exact) mass is 200 g/mol. The molecule has 3 heteroatoms. The van der Waals surface area contributed by atoms with Crippen molar-refractivity contribution >= 4 is 36.5 Å². The average Bonchev–Trinajstić information content (AvgIpc) is 1.37. The summed E-state index contributed by atoms with van der Waals surface area (Å²) >= 11 is 1.42. The molecular weight excluding hydrogens is 194 g/mol. The van der Waals surface area contributed by atoms with Crippen LogP contribution in [0.1, 0.15) is 0 Å². The van der Waals surface area contributed by atoms with Gasteiger partial charge in [-0.2, -0.15) is 0 Å². The molecule has 1 N–H and O–H groups in total. The van der Waals surface area contributed by atoms with Gasteiger partial charge in [-0.05, 0) is 0 Å². The van der Waals surface area contributed by atoms with E-state index in [1.807, 2.05) is 0 Å². The standard InChI is InChI=1S/C2H5O.H2S.Sb.H/c1-2-3;;;/h3H,1-2H2;1H2;;/p-1. The van der Waals surface area contributed by atoms with Gasteiger partial charge in [-0.3, -0.25) is 0 Å². The van der Waals surface area contributed by atoms with Crippen molar-refractivity contribution in [1.82, 2.24) is 0 Å². The predicted molar refractivity (Wildman–Crippen MR) is 27.8 cm³/mol. The molecule has 0 aliphatic rings. The number of thiol groups is 1. The third-order valence-corrected chi connectivity index (χ3v) is 0.750. The van der Waals surface area contributed by atoms with Crippen molar-refractivity contribution in [3.8, 4) is 0 Å². The Morgan fingerprint density at radius 2 is 1.80 bits per heavy atom. The summed E-state index contributed by atoms with van der Waals surface area (Å²) in [5, 5.41) is 7.90. The molecule has 0 amide bonds. The molecule has 0 spiro atoms. The zero-order valence-corrected chi connectivity index (χ0v) is 6.56. The van der Waals surface area contributed by atoms with Gasteiger partial charge < -0.3 is 13.5 Å². The summed E-state index contributed by atoms with van der Waals surface area (Å²) in [6.45, 7) is 0.359. The van der Waals surface area contributed by atoms with Crippen LogP contribution in [0.15, 0.2) is 0 Å². The molecule has 0 unspecified atom stereocenters. The maximum atomic E-state index is 7.90. The molecule has 0 bridgehead atoms. The average molecular weight is 201 g/mol. The van der Waals surface area contributed by atoms with Crippen LogP contribution < -0.4 is 0 Å². The summed E-state index contributed by atoms with van der Waals surface area (Å²) in [7, 11) is 0. The first kappa shape index (κ1) is 9.46. The van der Waals surface area contributed by atoms with E-state index in [0.717, 1.165) is 4.37 Å². The predicted octanol–water partition coefficient (Wildman–Crippen LogP) is -0.972. The van der Waals surface area contributed by atoms with Gasteiger partial charge in [0, 0.05) is 0 Å². The van der Waals surface area contributed by atoms with E-state index in [-0.39, 0.29) is 13.5 Å². The van der Waals surface area contributed by atoms with E-state index in [9.17, 15) is 0 Å². The van der Waals surface area contributed by atoms with Crippen molar-refractivity contribution in [2.24, 2.45) is 0 Å². The zero-order valence-electron chi connectivity index (χ0n) is 2.81. The second-order valence-corrected chi connectivity index (χ2v) is 1.90. The fourth-order valence-corrected chi connectivity index (χ4v) is 0. The molecule has 0 aliphatic heterocycles. The minimum absolute atomic E-state index is 0. The fourth-order valence-electron chi connectivity index (χ4n) is 0. The molecule has 5 heavy (non-hydrogen) atoms. The van der Waals surface area contributed by atoms with Crippen molar-refractivity contribution in [1.29, 1.82) is 0 Å². The molecular formula is C2H7OSSb-. The Balaban J connectivity index is 0. The van der Waals surface area contributed by atoms with Crippen LogP contribution in [0.5, 0.6) is 0 Å². The van der Waals surface area contributed by atoms with Crippen LogP contribution in [0.25, 0.3) is 0 Å². The minimum atomic E-state index is 0. The summed E-state index contributed by atoms with van der Waals surface area (Å²) in [5.74, 6) is 0. The van der Waals surface area contributed by atoms with Gasteiger partial charge in [0.05, 0.1) is 0 Å². The molecule has 0 saturated carbocycles. The second-order valence-electron chi connectivity index (χ2n) is 0.474. The van der Waals surface area contributed by atoms with Gasteiger partial charge in [0.15, 0.2) is 0 Å². The quantitative estimate of drug-likeness (QED) is 0.334. The van der Waals surface area contributed by atoms with Crippen molar-refractivity contribution in [2.75, 3.05) is 6.61 Å². The number of aliphatic hydroxyl groups is 1. The number of hydrogen-bond acceptors (Lipinski definition) is 2. The third kappa shape index (κ3) is 11.1. The van der Waals surface area contributed by atoms with Crippen molar-refractivity contribution in [2.45, 2.75) is 4.37 Å². The van der Waals surface area contributed by atoms with Gasteiger partial charge in [-0.1, -0.05) is 0 Å². The second kappa shape index (κ2) is 8.93. The summed E-state index contributed by atoms with van der Waals surface area (Å²) in [5.41, 5.74) is 0. The molecule has 0 fully saturated rings. The molecule has 33 valence electrons. The van der Waals surface area contributed by atoms with Gasteiger partial charge in [0.1, 0.15) is 0 Å². The largest absolute Gasteiger partial charge is 0.813 e. The summed E-state index contributed by atoms with van der Waals surface area (Å²) in [6, 6.07) is 0. The zero-order chi connectivity index (χ0) is 3.41. The number of rotatable bonds is 1. The Morgan fingerprint density at radius 1 is 1.60 bits per heavy atom. The Labute approximate surface area is 52.7 Å². The third-order valence-electron chi connectivity index (χ3n) is 0.112. The van der Waals surface area contributed by atoms with Crippen molar-refractivity contribution in [3.05, 3.63) is 0 Å². The first-order valence-electron chi connectivity index (χ1n) is 1.17. The molecule has 0 atom stereocenters. The maximum absolute atomic E-state index is 7.90. The van der Waals surface area contributed by atoms with Crippen molar-refractivity contribution < 1.29 is 5.11 Å². The Morgan fingerprint density at radius 3 is 1.80 bits per heavy atom. The van der Waals surface area contributed by atoms with Gasteiger partial charge in [0.2, 0.25) is 0 Å². The molecule has 0 aromatic heterocycles. The van der Waals surface area contributed by atoms with Gasteiger partial charge >= 0.3 is 39.1 Å². The Kier molecular flexibility index (Phi) is 16.9. The van der Waals surface area contributed by atoms with Crippen LogP contribution in [-0.2, 0) is 13.5 Å². The van der Waals surface area contributed by atoms with Crippen LogP contribution in [0.3, 0.4) is 0 Å². The normalized spacial score (nSPS) is 6.00. The molecule has 0 rings (SSSR count). The van der Waals surface area contributed by atoms with E-state index < -0.39 is 0 Å². The van der Waals surface area contributed by atoms with E-state index in [2.05, 4.69) is 0 Å². The molecule has 0 aliphatic carbocycles.